The average molecular weight is 512 g/mol. The fourth-order valence-corrected chi connectivity index (χ4v) is 4.24. The van der Waals surface area contributed by atoms with Crippen molar-refractivity contribution in [2.24, 2.45) is 0 Å². The zero-order chi connectivity index (χ0) is 27.6. The van der Waals surface area contributed by atoms with Gasteiger partial charge in [0, 0.05) is 35.0 Å². The molecule has 4 rings (SSSR count). The third kappa shape index (κ3) is 4.69. The summed E-state index contributed by atoms with van der Waals surface area (Å²) in [7, 11) is 0. The van der Waals surface area contributed by atoms with Gasteiger partial charge in [-0.15, -0.1) is 0 Å². The van der Waals surface area contributed by atoms with Crippen molar-refractivity contribution in [3.8, 4) is 28.8 Å². The van der Waals surface area contributed by atoms with E-state index in [0.717, 1.165) is 10.6 Å². The third-order valence-corrected chi connectivity index (χ3v) is 6.08. The van der Waals surface area contributed by atoms with Crippen LogP contribution in [-0.2, 0) is 9.59 Å². The fraction of sp³-hybridized carbons (Fsp3) is 0.214. The van der Waals surface area contributed by atoms with Gasteiger partial charge in [-0.25, -0.2) is 4.68 Å². The molecule has 3 aromatic rings. The van der Waals surface area contributed by atoms with E-state index in [0.29, 0.717) is 16.8 Å². The van der Waals surface area contributed by atoms with Gasteiger partial charge in [0.05, 0.1) is 17.2 Å². The maximum atomic E-state index is 13.4. The summed E-state index contributed by atoms with van der Waals surface area (Å²) < 4.78 is 7.02. The minimum Gasteiger partial charge on any atom is -0.487 e. The van der Waals surface area contributed by atoms with Crippen LogP contribution >= 0.6 is 0 Å². The number of hydrogen-bond acceptors (Lipinski definition) is 7. The lowest BCUT2D eigenvalue weighted by atomic mass is 9.92. The summed E-state index contributed by atoms with van der Waals surface area (Å²) in [6.07, 6.45) is 3.27. The van der Waals surface area contributed by atoms with Crippen molar-refractivity contribution in [3.63, 3.8) is 0 Å². The zero-order valence-electron chi connectivity index (χ0n) is 21.3. The Balaban J connectivity index is 1.97. The Hall–Kier alpha value is -5.04. The van der Waals surface area contributed by atoms with Gasteiger partial charge in [0.2, 0.25) is 0 Å². The molecule has 2 aromatic carbocycles. The molecule has 1 aliphatic heterocycles. The van der Waals surface area contributed by atoms with E-state index in [1.807, 2.05) is 36.4 Å². The van der Waals surface area contributed by atoms with Gasteiger partial charge in [0.15, 0.2) is 5.75 Å². The van der Waals surface area contributed by atoms with Crippen LogP contribution in [0.2, 0.25) is 0 Å². The van der Waals surface area contributed by atoms with Gasteiger partial charge in [0.1, 0.15) is 17.3 Å². The number of ether oxygens (including phenoxy) is 1. The van der Waals surface area contributed by atoms with Crippen molar-refractivity contribution in [1.29, 1.82) is 5.26 Å². The first-order valence-corrected chi connectivity index (χ1v) is 12.0. The molecule has 0 aliphatic carbocycles. The summed E-state index contributed by atoms with van der Waals surface area (Å²) in [5.41, 5.74) is 2.12. The molecule has 192 valence electrons. The number of benzene rings is 2. The van der Waals surface area contributed by atoms with Crippen LogP contribution in [0.5, 0.6) is 5.75 Å². The molecule has 2 heterocycles. The SMILES string of the molecule is CCOc1ccc(-c2nn(-c3ccccc3)cc2/C=C2/C(=O)N(C(C)C)C(=O)C(C#N)=C2C)cc1[N+](=O)[O-]. The van der Waals surface area contributed by atoms with E-state index in [1.54, 1.807) is 50.7 Å². The predicted octanol–water partition coefficient (Wildman–Crippen LogP) is 4.85. The van der Waals surface area contributed by atoms with Crippen molar-refractivity contribution in [2.45, 2.75) is 33.7 Å². The molecule has 0 unspecified atom stereocenters. The highest BCUT2D eigenvalue weighted by molar-refractivity contribution is 6.20. The molecule has 0 saturated heterocycles. The highest BCUT2D eigenvalue weighted by Gasteiger charge is 2.37. The summed E-state index contributed by atoms with van der Waals surface area (Å²) in [5, 5.41) is 26.1. The predicted molar refractivity (Wildman–Crippen MR) is 140 cm³/mol. The number of nitro benzene ring substituents is 1. The highest BCUT2D eigenvalue weighted by Crippen LogP contribution is 2.36. The van der Waals surface area contributed by atoms with E-state index in [1.165, 1.54) is 12.1 Å². The number of nitro groups is 1. The first kappa shape index (κ1) is 26.0. The lowest BCUT2D eigenvalue weighted by Crippen LogP contribution is -2.46. The molecule has 1 aromatic heterocycles. The lowest BCUT2D eigenvalue weighted by molar-refractivity contribution is -0.385. The first-order chi connectivity index (χ1) is 18.2. The van der Waals surface area contributed by atoms with Gasteiger partial charge in [-0.3, -0.25) is 24.6 Å². The van der Waals surface area contributed by atoms with Crippen molar-refractivity contribution >= 4 is 23.6 Å². The second kappa shape index (κ2) is 10.5. The number of aromatic nitrogens is 2. The molecular formula is C28H25N5O5. The molecule has 2 amide bonds. The Morgan fingerprint density at radius 1 is 1.16 bits per heavy atom. The minimum atomic E-state index is -0.635. The van der Waals surface area contributed by atoms with Crippen molar-refractivity contribution in [3.05, 3.63) is 87.1 Å². The molecule has 38 heavy (non-hydrogen) atoms. The Labute approximate surface area is 219 Å². The summed E-state index contributed by atoms with van der Waals surface area (Å²) in [6, 6.07) is 15.3. The molecule has 0 spiro atoms. The molecular weight excluding hydrogens is 486 g/mol. The summed E-state index contributed by atoms with van der Waals surface area (Å²) in [5.74, 6) is -1.03. The minimum absolute atomic E-state index is 0.113. The Bertz CT molecular complexity index is 1540. The Morgan fingerprint density at radius 2 is 1.87 bits per heavy atom. The zero-order valence-corrected chi connectivity index (χ0v) is 21.3. The van der Waals surface area contributed by atoms with Crippen LogP contribution in [0.1, 0.15) is 33.3 Å². The number of rotatable bonds is 7. The third-order valence-electron chi connectivity index (χ3n) is 6.08. The van der Waals surface area contributed by atoms with Gasteiger partial charge in [-0.1, -0.05) is 18.2 Å². The van der Waals surface area contributed by atoms with Gasteiger partial charge in [-0.2, -0.15) is 10.4 Å². The smallest absolute Gasteiger partial charge is 0.311 e. The molecule has 0 radical (unpaired) electrons. The molecule has 0 atom stereocenters. The average Bonchev–Trinajstić information content (AvgIpc) is 3.31. The van der Waals surface area contributed by atoms with Gasteiger partial charge in [-0.05, 0) is 63.6 Å². The molecule has 0 bridgehead atoms. The number of carbonyl (C=O) groups excluding carboxylic acids is 2. The normalized spacial score (nSPS) is 14.8. The first-order valence-electron chi connectivity index (χ1n) is 12.0. The summed E-state index contributed by atoms with van der Waals surface area (Å²) in [6.45, 7) is 6.95. The number of para-hydroxylation sites is 1. The van der Waals surface area contributed by atoms with Crippen LogP contribution in [0, 0.1) is 21.4 Å². The molecule has 10 nitrogen and oxygen atoms in total. The second-order valence-electron chi connectivity index (χ2n) is 8.83. The van der Waals surface area contributed by atoms with Gasteiger partial charge < -0.3 is 4.74 Å². The van der Waals surface area contributed by atoms with E-state index in [9.17, 15) is 25.0 Å². The highest BCUT2D eigenvalue weighted by atomic mass is 16.6. The maximum Gasteiger partial charge on any atom is 0.311 e. The number of nitriles is 1. The monoisotopic (exact) mass is 511 g/mol. The topological polar surface area (TPSA) is 131 Å². The van der Waals surface area contributed by atoms with E-state index in [-0.39, 0.29) is 34.8 Å². The molecule has 0 N–H and O–H groups in total. The maximum absolute atomic E-state index is 13.4. The van der Waals surface area contributed by atoms with Crippen LogP contribution < -0.4 is 4.74 Å². The summed E-state index contributed by atoms with van der Waals surface area (Å²) >= 11 is 0. The van der Waals surface area contributed by atoms with Crippen LogP contribution in [0.3, 0.4) is 0 Å². The molecule has 10 heteroatoms. The Kier molecular flexibility index (Phi) is 7.21. The summed E-state index contributed by atoms with van der Waals surface area (Å²) in [4.78, 5) is 38.5. The van der Waals surface area contributed by atoms with Crippen molar-refractivity contribution in [2.75, 3.05) is 6.61 Å². The quantitative estimate of drug-likeness (QED) is 0.192. The van der Waals surface area contributed by atoms with E-state index < -0.39 is 22.8 Å². The largest absolute Gasteiger partial charge is 0.487 e. The molecule has 1 aliphatic rings. The van der Waals surface area contributed by atoms with E-state index in [4.69, 9.17) is 4.74 Å². The molecule has 0 saturated carbocycles. The number of carbonyl (C=O) groups is 2. The Morgan fingerprint density at radius 3 is 2.47 bits per heavy atom. The van der Waals surface area contributed by atoms with Crippen molar-refractivity contribution in [1.82, 2.24) is 14.7 Å². The van der Waals surface area contributed by atoms with E-state index in [2.05, 4.69) is 5.10 Å². The second-order valence-corrected chi connectivity index (χ2v) is 8.83. The van der Waals surface area contributed by atoms with Crippen LogP contribution in [0.4, 0.5) is 5.69 Å². The lowest BCUT2D eigenvalue weighted by Gasteiger charge is -2.30. The van der Waals surface area contributed by atoms with Crippen LogP contribution in [0.25, 0.3) is 23.0 Å². The van der Waals surface area contributed by atoms with Gasteiger partial charge >= 0.3 is 5.69 Å². The van der Waals surface area contributed by atoms with E-state index >= 15 is 0 Å². The number of nitrogens with zero attached hydrogens (tertiary/aromatic N) is 5. The van der Waals surface area contributed by atoms with Crippen molar-refractivity contribution < 1.29 is 19.2 Å². The van der Waals surface area contributed by atoms with Crippen LogP contribution in [-0.4, -0.2) is 44.1 Å². The molecule has 0 fully saturated rings. The number of hydrogen-bond donors (Lipinski definition) is 0. The standard InChI is InChI=1S/C28H25N5O5/c1-5-38-25-12-11-19(14-24(25)33(36)37)26-20(16-31(30-26)21-9-7-6-8-10-21)13-22-18(4)23(15-29)28(35)32(17(2)3)27(22)34/h6-14,16-17H,5H2,1-4H3/b22-13+. The van der Waals surface area contributed by atoms with Crippen LogP contribution in [0.15, 0.2) is 71.4 Å². The number of amides is 2. The number of imide groups is 1. The van der Waals surface area contributed by atoms with Gasteiger partial charge in [0.25, 0.3) is 11.8 Å². The fourth-order valence-electron chi connectivity index (χ4n) is 4.24.